The van der Waals surface area contributed by atoms with Gasteiger partial charge in [0.25, 0.3) is 0 Å². The van der Waals surface area contributed by atoms with E-state index in [0.29, 0.717) is 31.8 Å². The maximum atomic E-state index is 10.6. The third kappa shape index (κ3) is 3.82. The molecule has 5 heteroatoms. The molecular formula is C29H31N3O2. The van der Waals surface area contributed by atoms with E-state index >= 15 is 0 Å². The van der Waals surface area contributed by atoms with Gasteiger partial charge in [-0.1, -0.05) is 62.4 Å². The minimum absolute atomic E-state index is 0.0319. The molecule has 1 heterocycles. The Balaban J connectivity index is 1.49. The second-order valence-corrected chi connectivity index (χ2v) is 9.75. The average Bonchev–Trinajstić information content (AvgIpc) is 3.25. The van der Waals surface area contributed by atoms with E-state index < -0.39 is 0 Å². The van der Waals surface area contributed by atoms with Crippen molar-refractivity contribution in [1.82, 2.24) is 9.55 Å². The highest BCUT2D eigenvalue weighted by Crippen LogP contribution is 2.53. The van der Waals surface area contributed by atoms with Crippen LogP contribution < -0.4 is 0 Å². The summed E-state index contributed by atoms with van der Waals surface area (Å²) < 4.78 is 8.32. The molecule has 0 saturated heterocycles. The maximum Gasteiger partial charge on any atom is 0.203 e. The van der Waals surface area contributed by atoms with Crippen LogP contribution in [-0.2, 0) is 29.6 Å². The Morgan fingerprint density at radius 3 is 2.56 bits per heavy atom. The Morgan fingerprint density at radius 1 is 1.15 bits per heavy atom. The summed E-state index contributed by atoms with van der Waals surface area (Å²) in [6.45, 7) is 13.1. The van der Waals surface area contributed by atoms with Crippen LogP contribution in [0.4, 0.5) is 0 Å². The van der Waals surface area contributed by atoms with E-state index in [1.165, 1.54) is 5.69 Å². The molecule has 0 radical (unpaired) electrons. The molecule has 174 valence electrons. The van der Waals surface area contributed by atoms with Gasteiger partial charge in [0.1, 0.15) is 5.82 Å². The first kappa shape index (κ1) is 22.4. The largest absolute Gasteiger partial charge is 0.523 e. The summed E-state index contributed by atoms with van der Waals surface area (Å²) >= 11 is 0. The number of aliphatic hydroxyl groups excluding tert-OH is 1. The van der Waals surface area contributed by atoms with Crippen molar-refractivity contribution in [2.45, 2.75) is 51.6 Å². The summed E-state index contributed by atoms with van der Waals surface area (Å²) in [6, 6.07) is 20.6. The number of benzene rings is 2. The van der Waals surface area contributed by atoms with Gasteiger partial charge in [-0.25, -0.2) is 9.83 Å². The third-order valence-corrected chi connectivity index (χ3v) is 7.69. The van der Waals surface area contributed by atoms with Crippen LogP contribution in [0, 0.1) is 18.4 Å². The van der Waals surface area contributed by atoms with Crippen LogP contribution in [0.1, 0.15) is 49.5 Å². The van der Waals surface area contributed by atoms with Gasteiger partial charge < -0.3 is 14.4 Å². The van der Waals surface area contributed by atoms with Gasteiger partial charge in [-0.15, -0.1) is 0 Å². The molecule has 3 aromatic rings. The van der Waals surface area contributed by atoms with Crippen LogP contribution in [0.25, 0.3) is 10.5 Å². The van der Waals surface area contributed by atoms with E-state index in [0.717, 1.165) is 35.6 Å². The van der Waals surface area contributed by atoms with Crippen LogP contribution in [0.5, 0.6) is 0 Å². The van der Waals surface area contributed by atoms with Crippen molar-refractivity contribution in [1.29, 1.82) is 0 Å². The first-order chi connectivity index (χ1) is 16.5. The Bertz CT molecular complexity index is 1240. The molecule has 2 aromatic carbocycles. The van der Waals surface area contributed by atoms with Gasteiger partial charge in [0.2, 0.25) is 5.70 Å². The highest BCUT2D eigenvalue weighted by atomic mass is 16.5. The molecular weight excluding hydrogens is 422 g/mol. The molecule has 34 heavy (non-hydrogen) atoms. The molecule has 1 aromatic heterocycles. The van der Waals surface area contributed by atoms with Crippen LogP contribution >= 0.6 is 0 Å². The smallest absolute Gasteiger partial charge is 0.203 e. The number of imidazole rings is 1. The van der Waals surface area contributed by atoms with Crippen molar-refractivity contribution in [2.24, 2.45) is 11.8 Å². The number of aromatic nitrogens is 2. The van der Waals surface area contributed by atoms with Gasteiger partial charge in [0.15, 0.2) is 0 Å². The van der Waals surface area contributed by atoms with Crippen LogP contribution in [-0.4, -0.2) is 21.3 Å². The SMILES string of the molecule is [C-]#[N+]C1=C(O)[C@@H](C)[C@@H]2CCc3c(nc(CCOCc4ccccc4)n3-c3ccccc3)[C@@]2(C)C1. The van der Waals surface area contributed by atoms with Crippen molar-refractivity contribution >= 4 is 0 Å². The zero-order valence-electron chi connectivity index (χ0n) is 19.9. The molecule has 5 nitrogen and oxygen atoms in total. The zero-order chi connectivity index (χ0) is 23.7. The number of hydrogen-bond acceptors (Lipinski definition) is 3. The molecule has 0 fully saturated rings. The van der Waals surface area contributed by atoms with Crippen molar-refractivity contribution in [3.05, 3.63) is 106 Å². The van der Waals surface area contributed by atoms with Crippen molar-refractivity contribution < 1.29 is 9.84 Å². The van der Waals surface area contributed by atoms with Crippen molar-refractivity contribution in [3.63, 3.8) is 0 Å². The summed E-state index contributed by atoms with van der Waals surface area (Å²) in [7, 11) is 0. The lowest BCUT2D eigenvalue weighted by atomic mass is 9.58. The Kier molecular flexibility index (Phi) is 6.02. The standard InChI is InChI=1S/C29H31N3O2/c1-20-23-14-15-25-28(29(23,2)18-24(30-3)27(20)33)31-26(32(25)22-12-8-5-9-13-22)16-17-34-19-21-10-6-4-7-11-21/h4-13,20,23,33H,14-19H2,1-2H3/t20-,23-,29-/m0/s1. The number of hydrogen-bond donors (Lipinski definition) is 1. The number of ether oxygens (including phenoxy) is 1. The van der Waals surface area contributed by atoms with Crippen LogP contribution in [0.3, 0.4) is 0 Å². The minimum Gasteiger partial charge on any atom is -0.523 e. The lowest BCUT2D eigenvalue weighted by Crippen LogP contribution is -2.44. The van der Waals surface area contributed by atoms with Gasteiger partial charge in [0, 0.05) is 29.1 Å². The molecule has 0 saturated carbocycles. The first-order valence-electron chi connectivity index (χ1n) is 12.1. The van der Waals surface area contributed by atoms with Crippen LogP contribution in [0.15, 0.2) is 72.1 Å². The van der Waals surface area contributed by atoms with Gasteiger partial charge in [0.05, 0.1) is 31.2 Å². The molecule has 0 amide bonds. The lowest BCUT2D eigenvalue weighted by molar-refractivity contribution is 0.122. The number of fused-ring (bicyclic) bond motifs is 3. The Hall–Kier alpha value is -3.36. The molecule has 0 bridgehead atoms. The fraction of sp³-hybridized carbons (Fsp3) is 0.379. The third-order valence-electron chi connectivity index (χ3n) is 7.69. The van der Waals surface area contributed by atoms with Gasteiger partial charge >= 0.3 is 0 Å². The average molecular weight is 454 g/mol. The first-order valence-corrected chi connectivity index (χ1v) is 12.1. The minimum atomic E-state index is -0.265. The summed E-state index contributed by atoms with van der Waals surface area (Å²) in [4.78, 5) is 8.92. The van der Waals surface area contributed by atoms with E-state index in [1.807, 2.05) is 24.3 Å². The molecule has 5 rings (SSSR count). The molecule has 3 atom stereocenters. The van der Waals surface area contributed by atoms with Crippen LogP contribution in [0.2, 0.25) is 0 Å². The molecule has 0 unspecified atom stereocenters. The van der Waals surface area contributed by atoms with E-state index in [-0.39, 0.29) is 23.0 Å². The zero-order valence-corrected chi connectivity index (χ0v) is 19.9. The Labute approximate surface area is 201 Å². The summed E-state index contributed by atoms with van der Waals surface area (Å²) in [5.41, 5.74) is 4.83. The van der Waals surface area contributed by atoms with E-state index in [1.54, 1.807) is 0 Å². The quantitative estimate of drug-likeness (QED) is 0.358. The van der Waals surface area contributed by atoms with E-state index in [2.05, 4.69) is 59.7 Å². The van der Waals surface area contributed by atoms with Gasteiger partial charge in [-0.05, 0) is 42.9 Å². The summed E-state index contributed by atoms with van der Waals surface area (Å²) in [5, 5.41) is 10.6. The number of aliphatic hydroxyl groups is 1. The van der Waals surface area contributed by atoms with Gasteiger partial charge in [-0.2, -0.15) is 0 Å². The van der Waals surface area contributed by atoms with E-state index in [9.17, 15) is 5.11 Å². The highest BCUT2D eigenvalue weighted by Gasteiger charge is 2.50. The summed E-state index contributed by atoms with van der Waals surface area (Å²) in [5.74, 6) is 1.52. The molecule has 0 spiro atoms. The number of para-hydroxylation sites is 1. The van der Waals surface area contributed by atoms with Crippen molar-refractivity contribution in [2.75, 3.05) is 6.61 Å². The molecule has 0 aliphatic heterocycles. The molecule has 2 aliphatic rings. The van der Waals surface area contributed by atoms with Gasteiger partial charge in [-0.3, -0.25) is 0 Å². The number of nitrogens with zero attached hydrogens (tertiary/aromatic N) is 3. The monoisotopic (exact) mass is 453 g/mol. The van der Waals surface area contributed by atoms with E-state index in [4.69, 9.17) is 16.3 Å². The Morgan fingerprint density at radius 2 is 1.85 bits per heavy atom. The predicted octanol–water partition coefficient (Wildman–Crippen LogP) is 6.18. The summed E-state index contributed by atoms with van der Waals surface area (Å²) in [6.07, 6.45) is 3.14. The molecule has 2 aliphatic carbocycles. The fourth-order valence-electron chi connectivity index (χ4n) is 5.96. The predicted molar refractivity (Wildman–Crippen MR) is 133 cm³/mol. The van der Waals surface area contributed by atoms with Crippen molar-refractivity contribution in [3.8, 4) is 5.69 Å². The second-order valence-electron chi connectivity index (χ2n) is 9.75. The number of allylic oxidation sites excluding steroid dienone is 2. The topological polar surface area (TPSA) is 51.6 Å². The lowest BCUT2D eigenvalue weighted by Gasteiger charge is -2.47. The maximum absolute atomic E-state index is 10.6. The highest BCUT2D eigenvalue weighted by molar-refractivity contribution is 5.44. The normalized spacial score (nSPS) is 23.8. The second kappa shape index (κ2) is 9.12. The fourth-order valence-corrected chi connectivity index (χ4v) is 5.96. The molecule has 1 N–H and O–H groups in total. The number of rotatable bonds is 6.